The Bertz CT molecular complexity index is 29.1. The van der Waals surface area contributed by atoms with Gasteiger partial charge in [-0.15, -0.1) is 6.10 Å². The summed E-state index contributed by atoms with van der Waals surface area (Å²) in [4.78, 5) is 0. The van der Waals surface area contributed by atoms with Crippen LogP contribution in [0.25, 0.3) is 0 Å². The third kappa shape index (κ3) is 7.77. The number of hydrogen-bond acceptors (Lipinski definition) is 1. The minimum atomic E-state index is -0.398. The van der Waals surface area contributed by atoms with Crippen LogP contribution in [0.5, 0.6) is 0 Å². The fraction of sp³-hybridized carbons (Fsp3) is 1.00. The summed E-state index contributed by atoms with van der Waals surface area (Å²) in [7, 11) is 0. The van der Waals surface area contributed by atoms with Crippen LogP contribution in [0.2, 0.25) is 0 Å². The zero-order chi connectivity index (χ0) is 5.15. The first-order valence-corrected chi connectivity index (χ1v) is 2.30. The molecule has 1 nitrogen and oxygen atoms in total. The van der Waals surface area contributed by atoms with Crippen molar-refractivity contribution >= 4 is 0 Å². The molecule has 0 rings (SSSR count). The Balaban J connectivity index is 0. The van der Waals surface area contributed by atoms with Crippen molar-refractivity contribution in [1.82, 2.24) is 0 Å². The van der Waals surface area contributed by atoms with Gasteiger partial charge >= 0.3 is 58.2 Å². The van der Waals surface area contributed by atoms with Crippen molar-refractivity contribution in [2.45, 2.75) is 26.9 Å². The molecule has 2 heteroatoms. The van der Waals surface area contributed by atoms with Gasteiger partial charge in [0.15, 0.2) is 0 Å². The summed E-state index contributed by atoms with van der Waals surface area (Å²) in [6.45, 7) is 5.54. The maximum absolute atomic E-state index is 10.2. The summed E-state index contributed by atoms with van der Waals surface area (Å²) in [5, 5.41) is 10.2. The van der Waals surface area contributed by atoms with Crippen molar-refractivity contribution in [3.8, 4) is 0 Å². The average Bonchev–Trinajstić information content (AvgIpc) is 1.36. The SMILES string of the molecule is CC(C)[C@@H](C)[O-].[Rb+]. The monoisotopic (exact) mass is 172 g/mol. The van der Waals surface area contributed by atoms with Gasteiger partial charge in [-0.25, -0.2) is 0 Å². The van der Waals surface area contributed by atoms with Crippen molar-refractivity contribution in [2.24, 2.45) is 5.92 Å². The van der Waals surface area contributed by atoms with E-state index in [9.17, 15) is 5.11 Å². The smallest absolute Gasteiger partial charge is 0.852 e. The van der Waals surface area contributed by atoms with Gasteiger partial charge in [-0.1, -0.05) is 26.7 Å². The first kappa shape index (κ1) is 11.5. The van der Waals surface area contributed by atoms with Crippen LogP contribution < -0.4 is 63.3 Å². The minimum absolute atomic E-state index is 0. The van der Waals surface area contributed by atoms with Crippen LogP contribution in [-0.2, 0) is 0 Å². The first-order chi connectivity index (χ1) is 2.64. The van der Waals surface area contributed by atoms with Crippen LogP contribution in [0.3, 0.4) is 0 Å². The molecular weight excluding hydrogens is 162 g/mol. The van der Waals surface area contributed by atoms with Crippen molar-refractivity contribution in [1.29, 1.82) is 0 Å². The molecule has 0 bridgehead atoms. The summed E-state index contributed by atoms with van der Waals surface area (Å²) in [5.41, 5.74) is 0. The first-order valence-electron chi connectivity index (χ1n) is 2.30. The van der Waals surface area contributed by atoms with Crippen molar-refractivity contribution < 1.29 is 63.3 Å². The predicted octanol–water partition coefficient (Wildman–Crippen LogP) is -2.60. The van der Waals surface area contributed by atoms with E-state index >= 15 is 0 Å². The molecule has 0 aliphatic rings. The van der Waals surface area contributed by atoms with Gasteiger partial charge in [0.25, 0.3) is 0 Å². The number of rotatable bonds is 1. The van der Waals surface area contributed by atoms with Crippen molar-refractivity contribution in [2.75, 3.05) is 0 Å². The van der Waals surface area contributed by atoms with Crippen LogP contribution in [0.1, 0.15) is 20.8 Å². The molecule has 0 aromatic heterocycles. The molecule has 0 N–H and O–H groups in total. The van der Waals surface area contributed by atoms with E-state index < -0.39 is 6.10 Å². The van der Waals surface area contributed by atoms with E-state index in [4.69, 9.17) is 0 Å². The summed E-state index contributed by atoms with van der Waals surface area (Å²) in [6, 6.07) is 0. The molecule has 0 aromatic rings. The molecule has 1 atom stereocenters. The zero-order valence-electron chi connectivity index (χ0n) is 5.56. The van der Waals surface area contributed by atoms with Crippen LogP contribution >= 0.6 is 0 Å². The van der Waals surface area contributed by atoms with Crippen LogP contribution in [0.4, 0.5) is 0 Å². The second-order valence-electron chi connectivity index (χ2n) is 1.95. The zero-order valence-corrected chi connectivity index (χ0v) is 10.5. The van der Waals surface area contributed by atoms with Gasteiger partial charge in [-0.3, -0.25) is 0 Å². The van der Waals surface area contributed by atoms with E-state index in [0.717, 1.165) is 0 Å². The topological polar surface area (TPSA) is 23.1 Å². The maximum Gasteiger partial charge on any atom is 1.00 e. The Morgan fingerprint density at radius 1 is 1.14 bits per heavy atom. The van der Waals surface area contributed by atoms with Gasteiger partial charge in [-0.05, 0) is 0 Å². The summed E-state index contributed by atoms with van der Waals surface area (Å²) in [6.07, 6.45) is -0.398. The van der Waals surface area contributed by atoms with Crippen molar-refractivity contribution in [3.63, 3.8) is 0 Å². The minimum Gasteiger partial charge on any atom is -0.852 e. The molecule has 0 amide bonds. The van der Waals surface area contributed by atoms with Crippen LogP contribution in [0.15, 0.2) is 0 Å². The van der Waals surface area contributed by atoms with E-state index in [1.165, 1.54) is 0 Å². The Morgan fingerprint density at radius 3 is 1.29 bits per heavy atom. The van der Waals surface area contributed by atoms with Gasteiger partial charge in [0.1, 0.15) is 0 Å². The number of hydrogen-bond donors (Lipinski definition) is 0. The fourth-order valence-electron chi connectivity index (χ4n) is 0. The normalized spacial score (nSPS) is 13.3. The summed E-state index contributed by atoms with van der Waals surface area (Å²) >= 11 is 0. The van der Waals surface area contributed by atoms with Crippen molar-refractivity contribution in [3.05, 3.63) is 0 Å². The molecule has 0 aliphatic carbocycles. The molecule has 0 unspecified atom stereocenters. The van der Waals surface area contributed by atoms with Gasteiger partial charge in [-0.2, -0.15) is 0 Å². The van der Waals surface area contributed by atoms with Gasteiger partial charge < -0.3 is 5.11 Å². The molecule has 0 saturated heterocycles. The van der Waals surface area contributed by atoms with E-state index in [1.54, 1.807) is 6.92 Å². The predicted molar refractivity (Wildman–Crippen MR) is 24.3 cm³/mol. The Kier molecular flexibility index (Phi) is 9.72. The Hall–Kier alpha value is 1.77. The molecule has 0 fully saturated rings. The third-order valence-corrected chi connectivity index (χ3v) is 0.939. The Morgan fingerprint density at radius 2 is 1.29 bits per heavy atom. The molecule has 0 spiro atoms. The van der Waals surface area contributed by atoms with E-state index in [0.29, 0.717) is 5.92 Å². The van der Waals surface area contributed by atoms with E-state index in [-0.39, 0.29) is 58.2 Å². The molecule has 0 aliphatic heterocycles. The van der Waals surface area contributed by atoms with Gasteiger partial charge in [0.05, 0.1) is 0 Å². The van der Waals surface area contributed by atoms with E-state index in [2.05, 4.69) is 0 Å². The molecule has 0 heterocycles. The molecular formula is C5H11ORb. The second kappa shape index (κ2) is 5.89. The van der Waals surface area contributed by atoms with Crippen LogP contribution in [-0.4, -0.2) is 6.10 Å². The molecule has 38 valence electrons. The summed E-state index contributed by atoms with van der Waals surface area (Å²) in [5.74, 6) is 0.296. The summed E-state index contributed by atoms with van der Waals surface area (Å²) < 4.78 is 0. The van der Waals surface area contributed by atoms with Gasteiger partial charge in [0, 0.05) is 0 Å². The third-order valence-electron chi connectivity index (χ3n) is 0.939. The Labute approximate surface area is 94.3 Å². The largest absolute Gasteiger partial charge is 1.00 e. The molecule has 0 radical (unpaired) electrons. The molecule has 0 aromatic carbocycles. The van der Waals surface area contributed by atoms with Gasteiger partial charge in [0.2, 0.25) is 0 Å². The quantitative estimate of drug-likeness (QED) is 0.425. The molecule has 7 heavy (non-hydrogen) atoms. The standard InChI is InChI=1S/C5H11O.Rb/c1-4(2)5(3)6;/h4-5H,1-3H3;/q-1;+1/t5-;/m1./s1. The van der Waals surface area contributed by atoms with Crippen LogP contribution in [0, 0.1) is 5.92 Å². The fourth-order valence-corrected chi connectivity index (χ4v) is 0. The maximum atomic E-state index is 10.2. The average molecular weight is 173 g/mol. The van der Waals surface area contributed by atoms with E-state index in [1.807, 2.05) is 13.8 Å². The second-order valence-corrected chi connectivity index (χ2v) is 1.95. The molecule has 0 saturated carbocycles.